The van der Waals surface area contributed by atoms with E-state index in [0.717, 1.165) is 30.4 Å². The van der Waals surface area contributed by atoms with Crippen LogP contribution < -0.4 is 11.9 Å². The fourth-order valence-electron chi connectivity index (χ4n) is 2.79. The molecule has 2 aromatic carbocycles. The molecule has 148 valence electrons. The van der Waals surface area contributed by atoms with Crippen molar-refractivity contribution >= 4 is 23.7 Å². The summed E-state index contributed by atoms with van der Waals surface area (Å²) in [7, 11) is 0. The Bertz CT molecular complexity index is 734. The molecule has 0 amide bonds. The molecule has 0 radical (unpaired) electrons. The summed E-state index contributed by atoms with van der Waals surface area (Å²) in [4.78, 5) is 25.6. The molecule has 4 nitrogen and oxygen atoms in total. The van der Waals surface area contributed by atoms with Crippen molar-refractivity contribution in [1.82, 2.24) is 6.15 Å². The van der Waals surface area contributed by atoms with Crippen molar-refractivity contribution in [2.24, 2.45) is 5.73 Å². The van der Waals surface area contributed by atoms with E-state index in [-0.39, 0.29) is 17.7 Å². The molecule has 0 bridgehead atoms. The Morgan fingerprint density at radius 1 is 0.821 bits per heavy atom. The Hall–Kier alpha value is -2.82. The summed E-state index contributed by atoms with van der Waals surface area (Å²) in [5.74, 6) is -0.713. The van der Waals surface area contributed by atoms with Crippen molar-refractivity contribution in [1.29, 1.82) is 0 Å². The first-order valence-corrected chi connectivity index (χ1v) is 9.40. The molecule has 5 N–H and O–H groups in total. The highest BCUT2D eigenvalue weighted by atomic mass is 16.2. The SMILES string of the molecule is CCCCCC(N)(C(=O)C=Cc1ccccc1)C(=O)C=Cc1ccccc1.N. The summed E-state index contributed by atoms with van der Waals surface area (Å²) in [5, 5.41) is 0. The van der Waals surface area contributed by atoms with Crippen molar-refractivity contribution in [3.63, 3.8) is 0 Å². The zero-order chi connectivity index (χ0) is 19.5. The van der Waals surface area contributed by atoms with Crippen LogP contribution in [0.4, 0.5) is 0 Å². The summed E-state index contributed by atoms with van der Waals surface area (Å²) in [6.45, 7) is 2.08. The first kappa shape index (κ1) is 23.2. The summed E-state index contributed by atoms with van der Waals surface area (Å²) in [6.07, 6.45) is 9.28. The number of ketones is 2. The van der Waals surface area contributed by atoms with Gasteiger partial charge in [0.05, 0.1) is 0 Å². The van der Waals surface area contributed by atoms with Gasteiger partial charge in [-0.15, -0.1) is 0 Å². The van der Waals surface area contributed by atoms with Crippen LogP contribution in [0.2, 0.25) is 0 Å². The molecular weight excluding hydrogens is 348 g/mol. The van der Waals surface area contributed by atoms with Gasteiger partial charge in [-0.25, -0.2) is 0 Å². The third-order valence-electron chi connectivity index (χ3n) is 4.51. The molecule has 0 spiro atoms. The zero-order valence-electron chi connectivity index (χ0n) is 16.5. The van der Waals surface area contributed by atoms with Crippen molar-refractivity contribution in [3.05, 3.63) is 83.9 Å². The van der Waals surface area contributed by atoms with Gasteiger partial charge in [0.25, 0.3) is 0 Å². The summed E-state index contributed by atoms with van der Waals surface area (Å²) < 4.78 is 0. The molecule has 0 heterocycles. The quantitative estimate of drug-likeness (QED) is 0.346. The molecular formula is C24H30N2O2. The number of carbonyl (C=O) groups is 2. The Balaban J connectivity index is 0.00000392. The van der Waals surface area contributed by atoms with Gasteiger partial charge in [0.2, 0.25) is 0 Å². The molecule has 0 aromatic heterocycles. The fourth-order valence-corrected chi connectivity index (χ4v) is 2.79. The van der Waals surface area contributed by atoms with Crippen molar-refractivity contribution in [2.45, 2.75) is 38.1 Å². The minimum absolute atomic E-state index is 0. The second kappa shape index (κ2) is 11.8. The van der Waals surface area contributed by atoms with Crippen LogP contribution in [0, 0.1) is 0 Å². The highest BCUT2D eigenvalue weighted by Crippen LogP contribution is 2.18. The van der Waals surface area contributed by atoms with Crippen LogP contribution in [0.3, 0.4) is 0 Å². The number of unbranched alkanes of at least 4 members (excludes halogenated alkanes) is 2. The maximum absolute atomic E-state index is 12.8. The Morgan fingerprint density at radius 3 is 1.64 bits per heavy atom. The van der Waals surface area contributed by atoms with Gasteiger partial charge in [0.1, 0.15) is 5.54 Å². The Labute approximate surface area is 167 Å². The van der Waals surface area contributed by atoms with Crippen molar-refractivity contribution < 1.29 is 9.59 Å². The van der Waals surface area contributed by atoms with Crippen LogP contribution in [0.25, 0.3) is 12.2 Å². The number of carbonyl (C=O) groups excluding carboxylic acids is 2. The van der Waals surface area contributed by atoms with Crippen LogP contribution in [-0.2, 0) is 9.59 Å². The monoisotopic (exact) mass is 378 g/mol. The van der Waals surface area contributed by atoms with Gasteiger partial charge in [0, 0.05) is 0 Å². The number of hydrogen-bond donors (Lipinski definition) is 2. The number of rotatable bonds is 10. The molecule has 2 rings (SSSR count). The maximum Gasteiger partial charge on any atom is 0.183 e. The van der Waals surface area contributed by atoms with Crippen LogP contribution >= 0.6 is 0 Å². The average molecular weight is 379 g/mol. The first-order valence-electron chi connectivity index (χ1n) is 9.40. The molecule has 4 heteroatoms. The Morgan fingerprint density at radius 2 is 1.25 bits per heavy atom. The van der Waals surface area contributed by atoms with Gasteiger partial charge in [-0.3, -0.25) is 9.59 Å². The summed E-state index contributed by atoms with van der Waals surface area (Å²) in [5.41, 5.74) is 6.63. The first-order chi connectivity index (χ1) is 13.1. The smallest absolute Gasteiger partial charge is 0.183 e. The standard InChI is InChI=1S/C24H27NO2.H3N/c1-2-3-10-19-24(25,22(26)17-15-20-11-6-4-7-12-20)23(27)18-16-21-13-8-5-9-14-21;/h4-9,11-18H,2-3,10,19,25H2,1H3;1H3. The third kappa shape index (κ3) is 6.72. The van der Waals surface area contributed by atoms with Gasteiger partial charge in [-0.05, 0) is 29.7 Å². The van der Waals surface area contributed by atoms with Gasteiger partial charge in [-0.1, -0.05) is 99.0 Å². The number of hydrogen-bond acceptors (Lipinski definition) is 4. The lowest BCUT2D eigenvalue weighted by molar-refractivity contribution is -0.129. The molecule has 0 aliphatic carbocycles. The minimum Gasteiger partial charge on any atom is -0.344 e. The molecule has 0 unspecified atom stereocenters. The molecule has 0 aliphatic heterocycles. The van der Waals surface area contributed by atoms with Gasteiger partial charge < -0.3 is 11.9 Å². The van der Waals surface area contributed by atoms with Gasteiger partial charge >= 0.3 is 0 Å². The van der Waals surface area contributed by atoms with Gasteiger partial charge in [0.15, 0.2) is 11.6 Å². The fraction of sp³-hybridized carbons (Fsp3) is 0.250. The molecule has 0 saturated carbocycles. The summed E-state index contributed by atoms with van der Waals surface area (Å²) in [6, 6.07) is 19.0. The average Bonchev–Trinajstić information content (AvgIpc) is 2.71. The molecule has 0 fully saturated rings. The van der Waals surface area contributed by atoms with E-state index < -0.39 is 5.54 Å². The Kier molecular flexibility index (Phi) is 9.79. The van der Waals surface area contributed by atoms with E-state index >= 15 is 0 Å². The second-order valence-corrected chi connectivity index (χ2v) is 6.64. The molecule has 0 saturated heterocycles. The second-order valence-electron chi connectivity index (χ2n) is 6.64. The van der Waals surface area contributed by atoms with E-state index in [0.29, 0.717) is 6.42 Å². The van der Waals surface area contributed by atoms with E-state index in [1.165, 1.54) is 12.2 Å². The lowest BCUT2D eigenvalue weighted by Gasteiger charge is -2.24. The van der Waals surface area contributed by atoms with Crippen molar-refractivity contribution in [3.8, 4) is 0 Å². The zero-order valence-corrected chi connectivity index (χ0v) is 16.5. The predicted molar refractivity (Wildman–Crippen MR) is 117 cm³/mol. The largest absolute Gasteiger partial charge is 0.344 e. The number of benzene rings is 2. The predicted octanol–water partition coefficient (Wildman–Crippen LogP) is 4.99. The highest BCUT2D eigenvalue weighted by molar-refractivity contribution is 6.21. The lowest BCUT2D eigenvalue weighted by Crippen LogP contribution is -2.53. The van der Waals surface area contributed by atoms with Gasteiger partial charge in [-0.2, -0.15) is 0 Å². The topological polar surface area (TPSA) is 95.2 Å². The van der Waals surface area contributed by atoms with Crippen LogP contribution in [-0.4, -0.2) is 17.1 Å². The summed E-state index contributed by atoms with van der Waals surface area (Å²) >= 11 is 0. The van der Waals surface area contributed by atoms with E-state index in [9.17, 15) is 9.59 Å². The molecule has 2 aromatic rings. The lowest BCUT2D eigenvalue weighted by atomic mass is 9.83. The van der Waals surface area contributed by atoms with Crippen LogP contribution in [0.1, 0.15) is 43.7 Å². The maximum atomic E-state index is 12.8. The highest BCUT2D eigenvalue weighted by Gasteiger charge is 2.37. The van der Waals surface area contributed by atoms with Crippen LogP contribution in [0.15, 0.2) is 72.8 Å². The van der Waals surface area contributed by atoms with E-state index in [1.807, 2.05) is 60.7 Å². The van der Waals surface area contributed by atoms with E-state index in [4.69, 9.17) is 5.73 Å². The van der Waals surface area contributed by atoms with Crippen molar-refractivity contribution in [2.75, 3.05) is 0 Å². The molecule has 0 atom stereocenters. The van der Waals surface area contributed by atoms with Crippen LogP contribution in [0.5, 0.6) is 0 Å². The molecule has 0 aliphatic rings. The minimum atomic E-state index is -1.52. The third-order valence-corrected chi connectivity index (χ3v) is 4.51. The number of nitrogens with two attached hydrogens (primary N) is 1. The normalized spacial score (nSPS) is 13.2. The van der Waals surface area contributed by atoms with E-state index in [1.54, 1.807) is 12.2 Å². The molecule has 28 heavy (non-hydrogen) atoms. The van der Waals surface area contributed by atoms with E-state index in [2.05, 4.69) is 6.92 Å².